The Balaban J connectivity index is 2.85. The quantitative estimate of drug-likeness (QED) is 0.814. The fourth-order valence-electron chi connectivity index (χ4n) is 1.97. The van der Waals surface area contributed by atoms with E-state index in [4.69, 9.17) is 0 Å². The minimum atomic E-state index is -0.362. The number of hydrogen-bond acceptors (Lipinski definition) is 2. The van der Waals surface area contributed by atoms with Gasteiger partial charge in [-0.15, -0.1) is 6.58 Å². The maximum absolute atomic E-state index is 11.8. The standard InChI is InChI=1S/C13H14N2O2/c1-3-4-8-15-11-9(2)6-5-7-10(11)12(16)14-13(15)17/h3,5-7H,1,4,8H2,2H3,(H,14,16,17). The van der Waals surface area contributed by atoms with Crippen molar-refractivity contribution in [3.05, 3.63) is 57.3 Å². The largest absolute Gasteiger partial charge is 0.328 e. The Labute approximate surface area is 98.2 Å². The van der Waals surface area contributed by atoms with Gasteiger partial charge < -0.3 is 0 Å². The Kier molecular flexibility index (Phi) is 2.95. The Bertz CT molecular complexity index is 680. The van der Waals surface area contributed by atoms with Crippen molar-refractivity contribution >= 4 is 10.9 Å². The van der Waals surface area contributed by atoms with Crippen molar-refractivity contribution in [2.24, 2.45) is 0 Å². The highest BCUT2D eigenvalue weighted by molar-refractivity contribution is 5.81. The first-order chi connectivity index (χ1) is 8.15. The van der Waals surface area contributed by atoms with Crippen LogP contribution < -0.4 is 11.2 Å². The van der Waals surface area contributed by atoms with Crippen LogP contribution in [0, 0.1) is 6.92 Å². The van der Waals surface area contributed by atoms with Gasteiger partial charge in [-0.25, -0.2) is 4.79 Å². The van der Waals surface area contributed by atoms with Gasteiger partial charge in [-0.05, 0) is 25.0 Å². The summed E-state index contributed by atoms with van der Waals surface area (Å²) >= 11 is 0. The predicted octanol–water partition coefficient (Wildman–Crippen LogP) is 1.57. The number of nitrogens with one attached hydrogen (secondary N) is 1. The Morgan fingerprint density at radius 1 is 1.41 bits per heavy atom. The smallest absolute Gasteiger partial charge is 0.293 e. The zero-order chi connectivity index (χ0) is 12.4. The van der Waals surface area contributed by atoms with Crippen LogP contribution in [0.15, 0.2) is 40.4 Å². The topological polar surface area (TPSA) is 54.9 Å². The zero-order valence-electron chi connectivity index (χ0n) is 9.69. The average molecular weight is 230 g/mol. The minimum Gasteiger partial charge on any atom is -0.293 e. The number of nitrogens with zero attached hydrogens (tertiary/aromatic N) is 1. The summed E-state index contributed by atoms with van der Waals surface area (Å²) in [5.74, 6) is 0. The number of aromatic amines is 1. The van der Waals surface area contributed by atoms with Crippen molar-refractivity contribution in [2.45, 2.75) is 19.9 Å². The van der Waals surface area contributed by atoms with Gasteiger partial charge in [0, 0.05) is 6.54 Å². The molecule has 1 heterocycles. The van der Waals surface area contributed by atoms with Crippen LogP contribution in [0.5, 0.6) is 0 Å². The molecule has 0 atom stereocenters. The van der Waals surface area contributed by atoms with E-state index in [2.05, 4.69) is 11.6 Å². The molecule has 0 aliphatic rings. The summed E-state index contributed by atoms with van der Waals surface area (Å²) in [6.45, 7) is 6.06. The van der Waals surface area contributed by atoms with Gasteiger partial charge in [0.25, 0.3) is 5.56 Å². The zero-order valence-corrected chi connectivity index (χ0v) is 9.69. The second-order valence-corrected chi connectivity index (χ2v) is 3.96. The van der Waals surface area contributed by atoms with Crippen molar-refractivity contribution in [1.29, 1.82) is 0 Å². The highest BCUT2D eigenvalue weighted by Crippen LogP contribution is 2.13. The molecule has 2 rings (SSSR count). The van der Waals surface area contributed by atoms with Crippen molar-refractivity contribution < 1.29 is 0 Å². The lowest BCUT2D eigenvalue weighted by Gasteiger charge is -2.10. The van der Waals surface area contributed by atoms with Gasteiger partial charge in [-0.3, -0.25) is 14.3 Å². The molecule has 0 saturated carbocycles. The first kappa shape index (κ1) is 11.4. The molecular weight excluding hydrogens is 216 g/mol. The van der Waals surface area contributed by atoms with Gasteiger partial charge in [-0.1, -0.05) is 18.2 Å². The van der Waals surface area contributed by atoms with E-state index in [-0.39, 0.29) is 11.2 Å². The number of aromatic nitrogens is 2. The third-order valence-corrected chi connectivity index (χ3v) is 2.77. The van der Waals surface area contributed by atoms with Gasteiger partial charge in [0.2, 0.25) is 0 Å². The van der Waals surface area contributed by atoms with Crippen LogP contribution in [0.2, 0.25) is 0 Å². The lowest BCUT2D eigenvalue weighted by molar-refractivity contribution is 0.683. The van der Waals surface area contributed by atoms with Gasteiger partial charge in [0.15, 0.2) is 0 Å². The maximum Gasteiger partial charge on any atom is 0.328 e. The summed E-state index contributed by atoms with van der Waals surface area (Å²) in [5.41, 5.74) is 0.945. The van der Waals surface area contributed by atoms with E-state index in [9.17, 15) is 9.59 Å². The molecule has 1 aromatic heterocycles. The molecule has 17 heavy (non-hydrogen) atoms. The lowest BCUT2D eigenvalue weighted by atomic mass is 10.1. The molecule has 0 spiro atoms. The summed E-state index contributed by atoms with van der Waals surface area (Å²) in [7, 11) is 0. The van der Waals surface area contributed by atoms with Crippen molar-refractivity contribution in [1.82, 2.24) is 9.55 Å². The molecule has 0 bridgehead atoms. The Hall–Kier alpha value is -2.10. The molecule has 1 aromatic carbocycles. The monoisotopic (exact) mass is 230 g/mol. The molecule has 0 radical (unpaired) electrons. The van der Waals surface area contributed by atoms with Crippen molar-refractivity contribution in [3.63, 3.8) is 0 Å². The molecular formula is C13H14N2O2. The third kappa shape index (κ3) is 1.93. The van der Waals surface area contributed by atoms with E-state index in [1.807, 2.05) is 19.1 Å². The molecule has 0 aliphatic heterocycles. The van der Waals surface area contributed by atoms with Gasteiger partial charge in [-0.2, -0.15) is 0 Å². The molecule has 2 aromatic rings. The number of benzene rings is 1. The average Bonchev–Trinajstić information content (AvgIpc) is 2.30. The first-order valence-corrected chi connectivity index (χ1v) is 5.48. The number of para-hydroxylation sites is 1. The van der Waals surface area contributed by atoms with Crippen LogP contribution in [0.4, 0.5) is 0 Å². The summed E-state index contributed by atoms with van der Waals surface area (Å²) in [6, 6.07) is 5.44. The molecule has 88 valence electrons. The molecule has 0 amide bonds. The van der Waals surface area contributed by atoms with E-state index < -0.39 is 0 Å². The summed E-state index contributed by atoms with van der Waals surface area (Å²) in [5, 5.41) is 0.550. The summed E-state index contributed by atoms with van der Waals surface area (Å²) in [4.78, 5) is 25.8. The second-order valence-electron chi connectivity index (χ2n) is 3.96. The number of H-pyrrole nitrogens is 1. The van der Waals surface area contributed by atoms with Crippen LogP contribution in [0.3, 0.4) is 0 Å². The highest BCUT2D eigenvalue weighted by atomic mass is 16.2. The molecule has 0 fully saturated rings. The predicted molar refractivity (Wildman–Crippen MR) is 68.4 cm³/mol. The number of hydrogen-bond donors (Lipinski definition) is 1. The number of fused-ring (bicyclic) bond motifs is 1. The van der Waals surface area contributed by atoms with Crippen molar-refractivity contribution in [3.8, 4) is 0 Å². The lowest BCUT2D eigenvalue weighted by Crippen LogP contribution is -2.30. The van der Waals surface area contributed by atoms with Gasteiger partial charge in [0.1, 0.15) is 0 Å². The first-order valence-electron chi connectivity index (χ1n) is 5.48. The summed E-state index contributed by atoms with van der Waals surface area (Å²) < 4.78 is 1.59. The van der Waals surface area contributed by atoms with E-state index in [0.29, 0.717) is 23.9 Å². The number of allylic oxidation sites excluding steroid dienone is 1. The number of rotatable bonds is 3. The van der Waals surface area contributed by atoms with E-state index in [1.165, 1.54) is 0 Å². The highest BCUT2D eigenvalue weighted by Gasteiger charge is 2.08. The fourth-order valence-corrected chi connectivity index (χ4v) is 1.97. The Morgan fingerprint density at radius 2 is 2.18 bits per heavy atom. The van der Waals surface area contributed by atoms with Crippen LogP contribution in [-0.4, -0.2) is 9.55 Å². The minimum absolute atomic E-state index is 0.330. The summed E-state index contributed by atoms with van der Waals surface area (Å²) in [6.07, 6.45) is 2.44. The molecule has 1 N–H and O–H groups in total. The van der Waals surface area contributed by atoms with Crippen LogP contribution in [0.25, 0.3) is 10.9 Å². The molecule has 0 aliphatic carbocycles. The van der Waals surface area contributed by atoms with Gasteiger partial charge >= 0.3 is 5.69 Å². The van der Waals surface area contributed by atoms with E-state index in [1.54, 1.807) is 16.7 Å². The molecule has 4 nitrogen and oxygen atoms in total. The number of aryl methyl sites for hydroxylation is 2. The molecule has 0 unspecified atom stereocenters. The SMILES string of the molecule is C=CCCn1c(=O)[nH]c(=O)c2cccc(C)c21. The van der Waals surface area contributed by atoms with E-state index >= 15 is 0 Å². The molecule has 0 saturated heterocycles. The fraction of sp³-hybridized carbons (Fsp3) is 0.231. The Morgan fingerprint density at radius 3 is 2.88 bits per heavy atom. The second kappa shape index (κ2) is 4.41. The van der Waals surface area contributed by atoms with Crippen LogP contribution in [0.1, 0.15) is 12.0 Å². The van der Waals surface area contributed by atoms with Crippen LogP contribution in [-0.2, 0) is 6.54 Å². The normalized spacial score (nSPS) is 10.6. The maximum atomic E-state index is 11.8. The molecule has 4 heteroatoms. The van der Waals surface area contributed by atoms with E-state index in [0.717, 1.165) is 5.56 Å². The van der Waals surface area contributed by atoms with Crippen molar-refractivity contribution in [2.75, 3.05) is 0 Å². The van der Waals surface area contributed by atoms with Crippen LogP contribution >= 0.6 is 0 Å². The third-order valence-electron chi connectivity index (χ3n) is 2.77. The van der Waals surface area contributed by atoms with Gasteiger partial charge in [0.05, 0.1) is 10.9 Å².